The van der Waals surface area contributed by atoms with Crippen molar-refractivity contribution in [1.82, 2.24) is 20.2 Å². The summed E-state index contributed by atoms with van der Waals surface area (Å²) < 4.78 is 5.23. The van der Waals surface area contributed by atoms with Gasteiger partial charge in [0.15, 0.2) is 5.65 Å². The van der Waals surface area contributed by atoms with Crippen LogP contribution < -0.4 is 5.32 Å². The maximum absolute atomic E-state index is 11.6. The zero-order chi connectivity index (χ0) is 15.8. The number of rotatable bonds is 3. The fraction of sp³-hybridized carbons (Fsp3) is 0.200. The van der Waals surface area contributed by atoms with E-state index in [9.17, 15) is 9.90 Å². The summed E-state index contributed by atoms with van der Waals surface area (Å²) in [6, 6.07) is 5.63. The van der Waals surface area contributed by atoms with Gasteiger partial charge in [-0.2, -0.15) is 5.10 Å². The molecule has 1 aliphatic heterocycles. The Kier molecular flexibility index (Phi) is 3.16. The Balaban J connectivity index is 1.88. The molecule has 1 aliphatic rings. The molecule has 0 saturated carbocycles. The Labute approximate surface area is 130 Å². The topological polar surface area (TPSA) is 113 Å². The number of carbonyl (C=O) groups excluding carboxylic acids is 1. The lowest BCUT2D eigenvalue weighted by Gasteiger charge is -2.24. The molecule has 0 aromatic carbocycles. The number of H-pyrrole nitrogens is 1. The number of cyclic esters (lactones) is 1. The maximum atomic E-state index is 11.6. The number of nitrogens with zero attached hydrogens (tertiary/aromatic N) is 3. The molecule has 23 heavy (non-hydrogen) atoms. The molecule has 4 heterocycles. The summed E-state index contributed by atoms with van der Waals surface area (Å²) in [7, 11) is 0. The lowest BCUT2D eigenvalue weighted by atomic mass is 10.0. The van der Waals surface area contributed by atoms with Crippen molar-refractivity contribution in [2.75, 3.05) is 11.9 Å². The number of nitrogens with one attached hydrogen (secondary N) is 2. The normalized spacial score (nSPS) is 16.7. The summed E-state index contributed by atoms with van der Waals surface area (Å²) in [6.45, 7) is -0.0853. The molecule has 1 atom stereocenters. The number of aromatic amines is 1. The van der Waals surface area contributed by atoms with E-state index in [1.807, 2.05) is 18.2 Å². The molecule has 0 saturated heterocycles. The first-order chi connectivity index (χ1) is 11.3. The molecule has 1 amide bonds. The highest BCUT2D eigenvalue weighted by atomic mass is 16.6. The van der Waals surface area contributed by atoms with Crippen molar-refractivity contribution in [3.8, 4) is 11.3 Å². The van der Waals surface area contributed by atoms with E-state index in [-0.39, 0.29) is 6.61 Å². The van der Waals surface area contributed by atoms with E-state index in [1.165, 1.54) is 0 Å². The molecule has 0 spiro atoms. The van der Waals surface area contributed by atoms with Gasteiger partial charge in [0.2, 0.25) is 0 Å². The first-order valence-corrected chi connectivity index (χ1v) is 7.14. The van der Waals surface area contributed by atoms with Crippen molar-refractivity contribution in [3.05, 3.63) is 36.2 Å². The third-order valence-corrected chi connectivity index (χ3v) is 3.75. The van der Waals surface area contributed by atoms with E-state index in [2.05, 4.69) is 25.5 Å². The number of hydrogen-bond donors (Lipinski definition) is 3. The molecule has 8 heteroatoms. The highest BCUT2D eigenvalue weighted by Crippen LogP contribution is 2.35. The third-order valence-electron chi connectivity index (χ3n) is 3.75. The van der Waals surface area contributed by atoms with Crippen LogP contribution in [0.5, 0.6) is 0 Å². The van der Waals surface area contributed by atoms with Gasteiger partial charge < -0.3 is 9.84 Å². The molecule has 116 valence electrons. The van der Waals surface area contributed by atoms with Gasteiger partial charge in [-0.1, -0.05) is 0 Å². The summed E-state index contributed by atoms with van der Waals surface area (Å²) in [5, 5.41) is 19.7. The molecule has 4 rings (SSSR count). The third kappa shape index (κ3) is 2.29. The van der Waals surface area contributed by atoms with Crippen molar-refractivity contribution in [2.24, 2.45) is 0 Å². The largest absolute Gasteiger partial charge is 0.441 e. The number of hydrogen-bond acceptors (Lipinski definition) is 6. The number of carbonyl (C=O) groups is 1. The van der Waals surface area contributed by atoms with Crippen LogP contribution in [-0.2, 0) is 4.74 Å². The molecule has 0 aliphatic carbocycles. The Bertz CT molecular complexity index is 877. The predicted octanol–water partition coefficient (Wildman–Crippen LogP) is 2.01. The van der Waals surface area contributed by atoms with E-state index < -0.39 is 12.2 Å². The van der Waals surface area contributed by atoms with Crippen LogP contribution in [0.25, 0.3) is 22.3 Å². The summed E-state index contributed by atoms with van der Waals surface area (Å²) in [5.41, 5.74) is 2.98. The van der Waals surface area contributed by atoms with Crippen molar-refractivity contribution >= 4 is 22.9 Å². The second-order valence-corrected chi connectivity index (χ2v) is 5.16. The summed E-state index contributed by atoms with van der Waals surface area (Å²) in [6.07, 6.45) is 2.61. The quantitative estimate of drug-likeness (QED) is 0.682. The second-order valence-electron chi connectivity index (χ2n) is 5.16. The first kappa shape index (κ1) is 13.6. The van der Waals surface area contributed by atoms with E-state index in [4.69, 9.17) is 4.74 Å². The van der Waals surface area contributed by atoms with Crippen molar-refractivity contribution < 1.29 is 14.6 Å². The Hall–Kier alpha value is -3.00. The van der Waals surface area contributed by atoms with Crippen LogP contribution in [0.2, 0.25) is 0 Å². The SMILES string of the molecule is O=C1Nc2nc3n[nH]c(-c4ccncc4)c3cc2C(CCO)O1. The van der Waals surface area contributed by atoms with E-state index in [0.717, 1.165) is 22.2 Å². The van der Waals surface area contributed by atoms with Crippen molar-refractivity contribution in [3.63, 3.8) is 0 Å². The molecular weight excluding hydrogens is 298 g/mol. The Morgan fingerprint density at radius 1 is 1.30 bits per heavy atom. The van der Waals surface area contributed by atoms with Gasteiger partial charge in [0.25, 0.3) is 0 Å². The monoisotopic (exact) mass is 311 g/mol. The highest BCUT2D eigenvalue weighted by molar-refractivity contribution is 5.95. The van der Waals surface area contributed by atoms with Gasteiger partial charge in [-0.05, 0) is 18.2 Å². The average Bonchev–Trinajstić information content (AvgIpc) is 2.97. The molecule has 1 unspecified atom stereocenters. The van der Waals surface area contributed by atoms with E-state index in [0.29, 0.717) is 17.9 Å². The van der Waals surface area contributed by atoms with Crippen LogP contribution in [0.4, 0.5) is 10.6 Å². The zero-order valence-corrected chi connectivity index (χ0v) is 12.0. The number of aliphatic hydroxyl groups excluding tert-OH is 1. The molecule has 3 N–H and O–H groups in total. The first-order valence-electron chi connectivity index (χ1n) is 7.14. The maximum Gasteiger partial charge on any atom is 0.413 e. The molecule has 3 aromatic rings. The summed E-state index contributed by atoms with van der Waals surface area (Å²) in [5.74, 6) is 0.417. The fourth-order valence-corrected chi connectivity index (χ4v) is 2.69. The van der Waals surface area contributed by atoms with Gasteiger partial charge in [-0.15, -0.1) is 0 Å². The Morgan fingerprint density at radius 2 is 2.13 bits per heavy atom. The predicted molar refractivity (Wildman–Crippen MR) is 81.7 cm³/mol. The van der Waals surface area contributed by atoms with Gasteiger partial charge in [0, 0.05) is 41.9 Å². The van der Waals surface area contributed by atoms with Crippen LogP contribution in [-0.4, -0.2) is 38.0 Å². The van der Waals surface area contributed by atoms with Crippen LogP contribution in [0.3, 0.4) is 0 Å². The number of fused-ring (bicyclic) bond motifs is 2. The smallest absolute Gasteiger partial charge is 0.413 e. The lowest BCUT2D eigenvalue weighted by Crippen LogP contribution is -2.26. The number of amides is 1. The second kappa shape index (κ2) is 5.33. The van der Waals surface area contributed by atoms with Gasteiger partial charge in [0.05, 0.1) is 5.69 Å². The van der Waals surface area contributed by atoms with Crippen molar-refractivity contribution in [2.45, 2.75) is 12.5 Å². The molecular formula is C15H13N5O3. The number of aromatic nitrogens is 4. The average molecular weight is 311 g/mol. The molecule has 3 aromatic heterocycles. The minimum absolute atomic E-state index is 0.0853. The minimum Gasteiger partial charge on any atom is -0.441 e. The number of pyridine rings is 2. The van der Waals surface area contributed by atoms with E-state index >= 15 is 0 Å². The molecule has 0 radical (unpaired) electrons. The van der Waals surface area contributed by atoms with Crippen LogP contribution in [0.1, 0.15) is 18.1 Å². The van der Waals surface area contributed by atoms with Crippen LogP contribution in [0.15, 0.2) is 30.6 Å². The fourth-order valence-electron chi connectivity index (χ4n) is 2.69. The van der Waals surface area contributed by atoms with Gasteiger partial charge in [0.1, 0.15) is 11.9 Å². The number of ether oxygens (including phenoxy) is 1. The van der Waals surface area contributed by atoms with Gasteiger partial charge in [-0.3, -0.25) is 15.4 Å². The van der Waals surface area contributed by atoms with Crippen LogP contribution in [0, 0.1) is 0 Å². The lowest BCUT2D eigenvalue weighted by molar-refractivity contribution is 0.0869. The van der Waals surface area contributed by atoms with Crippen LogP contribution >= 0.6 is 0 Å². The summed E-state index contributed by atoms with van der Waals surface area (Å²) in [4.78, 5) is 20.0. The standard InChI is InChI=1S/C15H13N5O3/c21-6-3-11-9-7-10-12(8-1-4-16-5-2-8)19-20-14(10)17-13(9)18-15(22)23-11/h1-2,4-5,7,11,21H,3,6H2,(H2,17,18,19,20,22). The Morgan fingerprint density at radius 3 is 2.91 bits per heavy atom. The van der Waals surface area contributed by atoms with E-state index in [1.54, 1.807) is 12.4 Å². The molecule has 0 bridgehead atoms. The molecule has 8 nitrogen and oxygen atoms in total. The molecule has 0 fully saturated rings. The highest BCUT2D eigenvalue weighted by Gasteiger charge is 2.28. The number of anilines is 1. The van der Waals surface area contributed by atoms with Gasteiger partial charge >= 0.3 is 6.09 Å². The summed E-state index contributed by atoms with van der Waals surface area (Å²) >= 11 is 0. The zero-order valence-electron chi connectivity index (χ0n) is 12.0. The van der Waals surface area contributed by atoms with Crippen molar-refractivity contribution in [1.29, 1.82) is 0 Å². The minimum atomic E-state index is -0.576. The number of aliphatic hydroxyl groups is 1. The van der Waals surface area contributed by atoms with Gasteiger partial charge in [-0.25, -0.2) is 9.78 Å².